The fraction of sp³-hybridized carbons (Fsp3) is 0.167. The van der Waals surface area contributed by atoms with E-state index in [4.69, 9.17) is 38.6 Å². The van der Waals surface area contributed by atoms with Crippen LogP contribution in [0.1, 0.15) is 0 Å². The van der Waals surface area contributed by atoms with E-state index in [0.29, 0.717) is 0 Å². The second-order valence-electron chi connectivity index (χ2n) is 2.77. The van der Waals surface area contributed by atoms with E-state index in [-0.39, 0.29) is 21.8 Å². The maximum absolute atomic E-state index is 11.1. The molecule has 0 N–H and O–H groups in total. The Morgan fingerprint density at radius 3 is 2.47 bits per heavy atom. The summed E-state index contributed by atoms with van der Waals surface area (Å²) < 4.78 is 28.0. The molecular formula is C6H3Cl3N4O3S. The van der Waals surface area contributed by atoms with Crippen LogP contribution in [0.3, 0.4) is 0 Å². The lowest BCUT2D eigenvalue weighted by molar-refractivity contribution is 0.366. The molecule has 17 heavy (non-hydrogen) atoms. The third-order valence-electron chi connectivity index (χ3n) is 1.74. The first-order valence-corrected chi connectivity index (χ1v) is 7.01. The second-order valence-corrected chi connectivity index (χ2v) is 5.97. The van der Waals surface area contributed by atoms with E-state index in [0.717, 1.165) is 4.52 Å². The summed E-state index contributed by atoms with van der Waals surface area (Å²) in [5.41, 5.74) is -0.0114. The molecule has 0 saturated heterocycles. The van der Waals surface area contributed by atoms with Gasteiger partial charge in [0.1, 0.15) is 5.02 Å². The zero-order valence-electron chi connectivity index (χ0n) is 8.06. The van der Waals surface area contributed by atoms with Crippen LogP contribution in [0.4, 0.5) is 0 Å². The summed E-state index contributed by atoms with van der Waals surface area (Å²) >= 11 is 11.5. The quantitative estimate of drug-likeness (QED) is 0.614. The van der Waals surface area contributed by atoms with Crippen molar-refractivity contribution >= 4 is 48.6 Å². The molecule has 2 aromatic rings. The molecule has 0 bridgehead atoms. The molecule has 0 aliphatic heterocycles. The Labute approximate surface area is 110 Å². The molecule has 11 heteroatoms. The minimum absolute atomic E-state index is 0.0114. The Kier molecular flexibility index (Phi) is 3.06. The van der Waals surface area contributed by atoms with Crippen molar-refractivity contribution in [2.45, 2.75) is 5.16 Å². The summed E-state index contributed by atoms with van der Waals surface area (Å²) in [6.07, 6.45) is 0. The monoisotopic (exact) mass is 316 g/mol. The van der Waals surface area contributed by atoms with Crippen molar-refractivity contribution in [1.29, 1.82) is 0 Å². The Balaban J connectivity index is 2.89. The van der Waals surface area contributed by atoms with Gasteiger partial charge in [0.05, 0.1) is 7.11 Å². The average molecular weight is 318 g/mol. The summed E-state index contributed by atoms with van der Waals surface area (Å²) in [4.78, 5) is 7.40. The van der Waals surface area contributed by atoms with Gasteiger partial charge in [0.25, 0.3) is 14.2 Å². The molecule has 2 aromatic heterocycles. The zero-order chi connectivity index (χ0) is 12.8. The van der Waals surface area contributed by atoms with Crippen molar-refractivity contribution < 1.29 is 13.2 Å². The number of hydrogen-bond donors (Lipinski definition) is 0. The molecule has 0 aliphatic rings. The topological polar surface area (TPSA) is 86.5 Å². The van der Waals surface area contributed by atoms with Gasteiger partial charge in [-0.25, -0.2) is 8.42 Å². The fourth-order valence-corrected chi connectivity index (χ4v) is 1.97. The first kappa shape index (κ1) is 12.6. The summed E-state index contributed by atoms with van der Waals surface area (Å²) in [7, 11) is 2.35. The van der Waals surface area contributed by atoms with Gasteiger partial charge < -0.3 is 4.74 Å². The lowest BCUT2D eigenvalue weighted by atomic mass is 10.6. The van der Waals surface area contributed by atoms with Crippen molar-refractivity contribution in [3.63, 3.8) is 0 Å². The van der Waals surface area contributed by atoms with Gasteiger partial charge in [-0.1, -0.05) is 23.2 Å². The molecule has 0 fully saturated rings. The molecular weight excluding hydrogens is 315 g/mol. The van der Waals surface area contributed by atoms with Crippen LogP contribution in [0.25, 0.3) is 5.65 Å². The third kappa shape index (κ3) is 2.13. The number of hydrogen-bond acceptors (Lipinski definition) is 6. The summed E-state index contributed by atoms with van der Waals surface area (Å²) in [6, 6.07) is -0.0616. The highest BCUT2D eigenvalue weighted by Crippen LogP contribution is 2.28. The molecule has 0 spiro atoms. The van der Waals surface area contributed by atoms with Crippen LogP contribution >= 0.6 is 33.9 Å². The van der Waals surface area contributed by atoms with E-state index in [1.54, 1.807) is 0 Å². The second kappa shape index (κ2) is 4.13. The van der Waals surface area contributed by atoms with E-state index in [9.17, 15) is 8.42 Å². The number of aromatic nitrogens is 4. The summed E-state index contributed by atoms with van der Waals surface area (Å²) in [6.45, 7) is 0. The molecule has 0 saturated carbocycles. The van der Waals surface area contributed by atoms with Crippen LogP contribution in [-0.4, -0.2) is 35.1 Å². The lowest BCUT2D eigenvalue weighted by Crippen LogP contribution is -2.00. The standard InChI is InChI=1S/C6H3Cl3N4O3S/c1-16-6-10-3(8)2(7)4-11-5(12-13(4)6)17(9,14)15/h1H3. The van der Waals surface area contributed by atoms with Crippen molar-refractivity contribution in [2.75, 3.05) is 7.11 Å². The zero-order valence-corrected chi connectivity index (χ0v) is 11.1. The lowest BCUT2D eigenvalue weighted by Gasteiger charge is -2.02. The van der Waals surface area contributed by atoms with Crippen LogP contribution in [0, 0.1) is 0 Å². The average Bonchev–Trinajstić information content (AvgIpc) is 2.68. The predicted octanol–water partition coefficient (Wildman–Crippen LogP) is 1.37. The molecule has 2 heterocycles. The Morgan fingerprint density at radius 2 is 1.94 bits per heavy atom. The van der Waals surface area contributed by atoms with Gasteiger partial charge in [-0.2, -0.15) is 14.5 Å². The molecule has 0 atom stereocenters. The molecule has 0 aliphatic carbocycles. The van der Waals surface area contributed by atoms with Crippen LogP contribution < -0.4 is 4.74 Å². The van der Waals surface area contributed by atoms with E-state index < -0.39 is 14.2 Å². The molecule has 0 unspecified atom stereocenters. The van der Waals surface area contributed by atoms with Crippen molar-refractivity contribution in [1.82, 2.24) is 19.6 Å². The van der Waals surface area contributed by atoms with E-state index in [2.05, 4.69) is 15.1 Å². The minimum atomic E-state index is -4.08. The molecule has 92 valence electrons. The number of methoxy groups -OCH3 is 1. The predicted molar refractivity (Wildman–Crippen MR) is 60.4 cm³/mol. The van der Waals surface area contributed by atoms with E-state index in [1.807, 2.05) is 0 Å². The minimum Gasteiger partial charge on any atom is -0.467 e. The Hall–Kier alpha value is -0.830. The molecule has 0 amide bonds. The number of halogens is 3. The molecule has 2 rings (SSSR count). The summed E-state index contributed by atoms with van der Waals surface area (Å²) in [5.74, 6) is 0. The first-order valence-electron chi connectivity index (χ1n) is 3.95. The third-order valence-corrected chi connectivity index (χ3v) is 3.48. The van der Waals surface area contributed by atoms with Crippen molar-refractivity contribution in [3.05, 3.63) is 10.2 Å². The van der Waals surface area contributed by atoms with E-state index >= 15 is 0 Å². The van der Waals surface area contributed by atoms with Gasteiger partial charge in [-0.3, -0.25) is 0 Å². The maximum atomic E-state index is 11.1. The molecule has 7 nitrogen and oxygen atoms in total. The Morgan fingerprint density at radius 1 is 1.29 bits per heavy atom. The van der Waals surface area contributed by atoms with Crippen molar-refractivity contribution in [3.8, 4) is 6.01 Å². The highest BCUT2D eigenvalue weighted by molar-refractivity contribution is 8.13. The van der Waals surface area contributed by atoms with Gasteiger partial charge in [0, 0.05) is 10.7 Å². The Bertz CT molecular complexity index is 698. The van der Waals surface area contributed by atoms with Gasteiger partial charge in [0.15, 0.2) is 10.8 Å². The van der Waals surface area contributed by atoms with E-state index in [1.165, 1.54) is 7.11 Å². The normalized spacial score (nSPS) is 12.0. The molecule has 0 aromatic carbocycles. The smallest absolute Gasteiger partial charge is 0.320 e. The first-order chi connectivity index (χ1) is 7.84. The van der Waals surface area contributed by atoms with Crippen LogP contribution in [-0.2, 0) is 9.05 Å². The van der Waals surface area contributed by atoms with Gasteiger partial charge >= 0.3 is 6.01 Å². The number of rotatable bonds is 2. The largest absolute Gasteiger partial charge is 0.467 e. The summed E-state index contributed by atoms with van der Waals surface area (Å²) in [5, 5.41) is 2.87. The number of ether oxygens (including phenoxy) is 1. The van der Waals surface area contributed by atoms with Gasteiger partial charge in [-0.15, -0.1) is 5.10 Å². The maximum Gasteiger partial charge on any atom is 0.320 e. The molecule has 0 radical (unpaired) electrons. The highest BCUT2D eigenvalue weighted by atomic mass is 35.7. The number of fused-ring (bicyclic) bond motifs is 1. The SMILES string of the molecule is COc1nc(Cl)c(Cl)c2nc(S(=O)(=O)Cl)nn12. The van der Waals surface area contributed by atoms with Gasteiger partial charge in [0.2, 0.25) is 0 Å². The van der Waals surface area contributed by atoms with Crippen LogP contribution in [0.2, 0.25) is 10.2 Å². The fourth-order valence-electron chi connectivity index (χ4n) is 1.08. The van der Waals surface area contributed by atoms with Crippen molar-refractivity contribution in [2.24, 2.45) is 0 Å². The van der Waals surface area contributed by atoms with Gasteiger partial charge in [-0.05, 0) is 0 Å². The number of nitrogens with zero attached hydrogens (tertiary/aromatic N) is 4. The highest BCUT2D eigenvalue weighted by Gasteiger charge is 2.22. The van der Waals surface area contributed by atoms with Crippen LogP contribution in [0.15, 0.2) is 5.16 Å². The van der Waals surface area contributed by atoms with Crippen LogP contribution in [0.5, 0.6) is 6.01 Å².